The van der Waals surface area contributed by atoms with Gasteiger partial charge in [0, 0.05) is 12.0 Å². The van der Waals surface area contributed by atoms with Gasteiger partial charge in [0.25, 0.3) is 0 Å². The van der Waals surface area contributed by atoms with Gasteiger partial charge in [-0.2, -0.15) is 0 Å². The van der Waals surface area contributed by atoms with Crippen molar-refractivity contribution in [2.45, 2.75) is 26.2 Å². The SMILES string of the molecule is CC1(C)COc2cc(C3CCNC3)cc(Br)c2OC1. The Labute approximate surface area is 122 Å². The third-order valence-electron chi connectivity index (χ3n) is 3.79. The first kappa shape index (κ1) is 13.3. The highest BCUT2D eigenvalue weighted by Crippen LogP contribution is 2.42. The molecule has 0 aromatic heterocycles. The lowest BCUT2D eigenvalue weighted by Crippen LogP contribution is -2.26. The molecule has 2 aliphatic rings. The Balaban J connectivity index is 1.93. The fraction of sp³-hybridized carbons (Fsp3) is 0.600. The molecule has 1 atom stereocenters. The number of halogens is 1. The fourth-order valence-corrected chi connectivity index (χ4v) is 3.17. The van der Waals surface area contributed by atoms with Crippen LogP contribution in [0.4, 0.5) is 0 Å². The van der Waals surface area contributed by atoms with Gasteiger partial charge in [0.05, 0.1) is 17.7 Å². The maximum Gasteiger partial charge on any atom is 0.175 e. The molecule has 19 heavy (non-hydrogen) atoms. The molecular weight excluding hydrogens is 306 g/mol. The van der Waals surface area contributed by atoms with Crippen LogP contribution < -0.4 is 14.8 Å². The minimum Gasteiger partial charge on any atom is -0.489 e. The van der Waals surface area contributed by atoms with E-state index in [9.17, 15) is 0 Å². The van der Waals surface area contributed by atoms with Crippen LogP contribution in [-0.2, 0) is 0 Å². The van der Waals surface area contributed by atoms with E-state index in [1.165, 1.54) is 12.0 Å². The number of hydrogen-bond donors (Lipinski definition) is 1. The summed E-state index contributed by atoms with van der Waals surface area (Å²) < 4.78 is 12.9. The average molecular weight is 326 g/mol. The summed E-state index contributed by atoms with van der Waals surface area (Å²) in [5, 5.41) is 3.41. The van der Waals surface area contributed by atoms with Crippen molar-refractivity contribution < 1.29 is 9.47 Å². The summed E-state index contributed by atoms with van der Waals surface area (Å²) in [5.74, 6) is 2.31. The minimum absolute atomic E-state index is 0.0491. The molecule has 3 nitrogen and oxygen atoms in total. The summed E-state index contributed by atoms with van der Waals surface area (Å²) >= 11 is 3.63. The van der Waals surface area contributed by atoms with E-state index in [1.807, 2.05) is 0 Å². The first-order chi connectivity index (χ1) is 9.05. The van der Waals surface area contributed by atoms with Crippen molar-refractivity contribution in [2.24, 2.45) is 5.41 Å². The van der Waals surface area contributed by atoms with Crippen LogP contribution >= 0.6 is 15.9 Å². The van der Waals surface area contributed by atoms with Crippen molar-refractivity contribution in [2.75, 3.05) is 26.3 Å². The maximum atomic E-state index is 5.97. The zero-order valence-electron chi connectivity index (χ0n) is 11.5. The van der Waals surface area contributed by atoms with E-state index < -0.39 is 0 Å². The van der Waals surface area contributed by atoms with Gasteiger partial charge in [0.2, 0.25) is 0 Å². The van der Waals surface area contributed by atoms with Gasteiger partial charge >= 0.3 is 0 Å². The van der Waals surface area contributed by atoms with Gasteiger partial charge in [-0.15, -0.1) is 0 Å². The molecule has 0 saturated carbocycles. The summed E-state index contributed by atoms with van der Waals surface area (Å²) in [6, 6.07) is 4.33. The predicted octanol–water partition coefficient (Wildman–Crippen LogP) is 3.32. The molecule has 2 aliphatic heterocycles. The molecule has 1 aromatic rings. The fourth-order valence-electron chi connectivity index (χ4n) is 2.59. The predicted molar refractivity (Wildman–Crippen MR) is 79.1 cm³/mol. The van der Waals surface area contributed by atoms with Crippen LogP contribution in [0, 0.1) is 5.41 Å². The van der Waals surface area contributed by atoms with Gasteiger partial charge in [-0.1, -0.05) is 13.8 Å². The number of ether oxygens (including phenoxy) is 2. The van der Waals surface area contributed by atoms with Crippen LogP contribution in [0.3, 0.4) is 0 Å². The van der Waals surface area contributed by atoms with E-state index in [0.29, 0.717) is 19.1 Å². The lowest BCUT2D eigenvalue weighted by molar-refractivity contribution is 0.140. The third-order valence-corrected chi connectivity index (χ3v) is 4.38. The molecule has 3 rings (SSSR count). The molecule has 0 aliphatic carbocycles. The van der Waals surface area contributed by atoms with E-state index in [0.717, 1.165) is 29.1 Å². The van der Waals surface area contributed by atoms with Gasteiger partial charge in [-0.25, -0.2) is 0 Å². The second-order valence-electron chi connectivity index (χ2n) is 6.26. The summed E-state index contributed by atoms with van der Waals surface area (Å²) in [5.41, 5.74) is 1.38. The van der Waals surface area contributed by atoms with E-state index >= 15 is 0 Å². The van der Waals surface area contributed by atoms with Crippen molar-refractivity contribution in [1.29, 1.82) is 0 Å². The molecular formula is C15H20BrNO2. The van der Waals surface area contributed by atoms with Crippen molar-refractivity contribution in [1.82, 2.24) is 5.32 Å². The summed E-state index contributed by atoms with van der Waals surface area (Å²) in [7, 11) is 0. The minimum atomic E-state index is 0.0491. The van der Waals surface area contributed by atoms with E-state index in [1.54, 1.807) is 0 Å². The smallest absolute Gasteiger partial charge is 0.175 e. The Kier molecular flexibility index (Phi) is 3.48. The van der Waals surface area contributed by atoms with Crippen LogP contribution in [0.2, 0.25) is 0 Å². The Morgan fingerprint density at radius 2 is 2.05 bits per heavy atom. The molecule has 0 amide bonds. The van der Waals surface area contributed by atoms with Crippen LogP contribution in [-0.4, -0.2) is 26.3 Å². The first-order valence-corrected chi connectivity index (χ1v) is 7.64. The van der Waals surface area contributed by atoms with E-state index in [4.69, 9.17) is 9.47 Å². The normalized spacial score (nSPS) is 25.1. The molecule has 2 heterocycles. The number of hydrogen-bond acceptors (Lipinski definition) is 3. The molecule has 0 radical (unpaired) electrons. The largest absolute Gasteiger partial charge is 0.489 e. The molecule has 1 N–H and O–H groups in total. The van der Waals surface area contributed by atoms with Crippen molar-refractivity contribution in [3.8, 4) is 11.5 Å². The second-order valence-corrected chi connectivity index (χ2v) is 7.12. The van der Waals surface area contributed by atoms with Crippen molar-refractivity contribution >= 4 is 15.9 Å². The van der Waals surface area contributed by atoms with Gasteiger partial charge in [-0.05, 0) is 52.5 Å². The Morgan fingerprint density at radius 1 is 1.26 bits per heavy atom. The van der Waals surface area contributed by atoms with Crippen LogP contribution in [0.1, 0.15) is 31.7 Å². The highest BCUT2D eigenvalue weighted by Gasteiger charge is 2.28. The zero-order valence-corrected chi connectivity index (χ0v) is 13.0. The quantitative estimate of drug-likeness (QED) is 0.859. The number of nitrogens with one attached hydrogen (secondary N) is 1. The molecule has 0 bridgehead atoms. The molecule has 4 heteroatoms. The van der Waals surface area contributed by atoms with E-state index in [2.05, 4.69) is 47.2 Å². The van der Waals surface area contributed by atoms with E-state index in [-0.39, 0.29) is 5.41 Å². The maximum absolute atomic E-state index is 5.97. The Hall–Kier alpha value is -0.740. The summed E-state index contributed by atoms with van der Waals surface area (Å²) in [6.07, 6.45) is 1.19. The van der Waals surface area contributed by atoms with Crippen LogP contribution in [0.25, 0.3) is 0 Å². The summed E-state index contributed by atoms with van der Waals surface area (Å²) in [6.45, 7) is 7.85. The highest BCUT2D eigenvalue weighted by molar-refractivity contribution is 9.10. The van der Waals surface area contributed by atoms with Gasteiger partial charge < -0.3 is 14.8 Å². The average Bonchev–Trinajstić information content (AvgIpc) is 2.83. The molecule has 1 saturated heterocycles. The number of rotatable bonds is 1. The van der Waals surface area contributed by atoms with Crippen LogP contribution in [0.5, 0.6) is 11.5 Å². The lowest BCUT2D eigenvalue weighted by atomic mass is 9.97. The molecule has 1 unspecified atom stereocenters. The van der Waals surface area contributed by atoms with Crippen LogP contribution in [0.15, 0.2) is 16.6 Å². The monoisotopic (exact) mass is 325 g/mol. The Bertz CT molecular complexity index is 481. The second kappa shape index (κ2) is 4.98. The molecule has 1 aromatic carbocycles. The molecule has 0 spiro atoms. The lowest BCUT2D eigenvalue weighted by Gasteiger charge is -2.19. The molecule has 1 fully saturated rings. The van der Waals surface area contributed by atoms with Gasteiger partial charge in [0.1, 0.15) is 0 Å². The van der Waals surface area contributed by atoms with Crippen molar-refractivity contribution in [3.05, 3.63) is 22.2 Å². The van der Waals surface area contributed by atoms with Gasteiger partial charge in [0.15, 0.2) is 11.5 Å². The first-order valence-electron chi connectivity index (χ1n) is 6.85. The Morgan fingerprint density at radius 3 is 2.79 bits per heavy atom. The topological polar surface area (TPSA) is 30.5 Å². The zero-order chi connectivity index (χ0) is 13.5. The van der Waals surface area contributed by atoms with Crippen molar-refractivity contribution in [3.63, 3.8) is 0 Å². The molecule has 104 valence electrons. The highest BCUT2D eigenvalue weighted by atomic mass is 79.9. The summed E-state index contributed by atoms with van der Waals surface area (Å²) in [4.78, 5) is 0. The standard InChI is InChI=1S/C15H20BrNO2/c1-15(2)8-18-13-6-11(10-3-4-17-7-10)5-12(16)14(13)19-9-15/h5-6,10,17H,3-4,7-9H2,1-2H3. The van der Waals surface area contributed by atoms with Gasteiger partial charge in [-0.3, -0.25) is 0 Å². The number of fused-ring (bicyclic) bond motifs is 1. The third kappa shape index (κ3) is 2.75. The number of benzene rings is 1.